The highest BCUT2D eigenvalue weighted by atomic mass is 35.5. The third-order valence-corrected chi connectivity index (χ3v) is 3.44. The van der Waals surface area contributed by atoms with E-state index in [4.69, 9.17) is 16.0 Å². The fourth-order valence-corrected chi connectivity index (χ4v) is 2.07. The molecular formula is C16H13ClN4O2. The molecule has 23 heavy (non-hydrogen) atoms. The molecule has 2 N–H and O–H groups in total. The van der Waals surface area contributed by atoms with Crippen LogP contribution < -0.4 is 5.43 Å². The Hall–Kier alpha value is -2.86. The van der Waals surface area contributed by atoms with E-state index in [1.165, 1.54) is 0 Å². The molecule has 0 spiro atoms. The van der Waals surface area contributed by atoms with Gasteiger partial charge in [0.15, 0.2) is 11.5 Å². The summed E-state index contributed by atoms with van der Waals surface area (Å²) in [6, 6.07) is 12.3. The minimum Gasteiger partial charge on any atom is -0.463 e. The van der Waals surface area contributed by atoms with Crippen molar-refractivity contribution in [2.45, 2.75) is 6.92 Å². The molecule has 0 saturated heterocycles. The van der Waals surface area contributed by atoms with Crippen molar-refractivity contribution in [1.29, 1.82) is 0 Å². The van der Waals surface area contributed by atoms with Crippen LogP contribution in [0.1, 0.15) is 23.0 Å². The van der Waals surface area contributed by atoms with Gasteiger partial charge in [0.25, 0.3) is 5.91 Å². The largest absolute Gasteiger partial charge is 0.463 e. The first-order valence-corrected chi connectivity index (χ1v) is 7.21. The molecule has 3 aromatic rings. The lowest BCUT2D eigenvalue weighted by Crippen LogP contribution is -2.19. The summed E-state index contributed by atoms with van der Waals surface area (Å²) >= 11 is 5.84. The molecule has 7 heteroatoms. The number of H-pyrrole nitrogens is 1. The van der Waals surface area contributed by atoms with Gasteiger partial charge in [0.1, 0.15) is 5.69 Å². The van der Waals surface area contributed by atoms with Gasteiger partial charge in [-0.15, -0.1) is 0 Å². The number of benzene rings is 1. The molecule has 1 aromatic carbocycles. The number of hydrogen-bond donors (Lipinski definition) is 2. The van der Waals surface area contributed by atoms with Crippen LogP contribution in [0.25, 0.3) is 11.5 Å². The molecule has 116 valence electrons. The van der Waals surface area contributed by atoms with E-state index in [0.29, 0.717) is 22.2 Å². The van der Waals surface area contributed by atoms with Crippen molar-refractivity contribution >= 4 is 23.2 Å². The van der Waals surface area contributed by atoms with Gasteiger partial charge in [-0.05, 0) is 36.8 Å². The number of furan rings is 1. The number of carbonyl (C=O) groups excluding carboxylic acids is 1. The molecule has 0 bridgehead atoms. The second-order valence-electron chi connectivity index (χ2n) is 4.79. The van der Waals surface area contributed by atoms with Gasteiger partial charge in [-0.25, -0.2) is 5.43 Å². The zero-order valence-corrected chi connectivity index (χ0v) is 13.0. The first-order chi connectivity index (χ1) is 11.1. The Morgan fingerprint density at radius 2 is 2.09 bits per heavy atom. The maximum absolute atomic E-state index is 12.1. The number of halogens is 1. The van der Waals surface area contributed by atoms with E-state index in [9.17, 15) is 4.79 Å². The Morgan fingerprint density at radius 1 is 1.30 bits per heavy atom. The number of nitrogens with zero attached hydrogens (tertiary/aromatic N) is 2. The van der Waals surface area contributed by atoms with Gasteiger partial charge >= 0.3 is 0 Å². The Bertz CT molecular complexity index is 835. The third-order valence-electron chi connectivity index (χ3n) is 3.18. The molecule has 1 amide bonds. The van der Waals surface area contributed by atoms with Crippen LogP contribution in [0, 0.1) is 0 Å². The van der Waals surface area contributed by atoms with E-state index in [1.807, 2.05) is 12.1 Å². The van der Waals surface area contributed by atoms with Crippen LogP contribution in [-0.2, 0) is 0 Å². The van der Waals surface area contributed by atoms with Crippen LogP contribution in [0.2, 0.25) is 5.02 Å². The smallest absolute Gasteiger partial charge is 0.291 e. The van der Waals surface area contributed by atoms with Crippen LogP contribution in [0.3, 0.4) is 0 Å². The Morgan fingerprint density at radius 3 is 2.78 bits per heavy atom. The van der Waals surface area contributed by atoms with E-state index in [0.717, 1.165) is 5.56 Å². The fraction of sp³-hybridized carbons (Fsp3) is 0.0625. The molecule has 0 atom stereocenters. The summed E-state index contributed by atoms with van der Waals surface area (Å²) in [7, 11) is 0. The molecule has 2 heterocycles. The van der Waals surface area contributed by atoms with Crippen molar-refractivity contribution in [3.05, 3.63) is 65.0 Å². The number of rotatable bonds is 4. The molecule has 0 fully saturated rings. The number of nitrogens with one attached hydrogen (secondary N) is 2. The van der Waals surface area contributed by atoms with Gasteiger partial charge in [-0.1, -0.05) is 23.7 Å². The van der Waals surface area contributed by atoms with Crippen LogP contribution in [0.5, 0.6) is 0 Å². The minimum atomic E-state index is -0.410. The van der Waals surface area contributed by atoms with Gasteiger partial charge in [-0.3, -0.25) is 9.89 Å². The van der Waals surface area contributed by atoms with Gasteiger partial charge in [0.2, 0.25) is 0 Å². The minimum absolute atomic E-state index is 0.226. The van der Waals surface area contributed by atoms with Crippen LogP contribution >= 0.6 is 11.6 Å². The number of carbonyl (C=O) groups is 1. The fourth-order valence-electron chi connectivity index (χ4n) is 1.94. The Kier molecular flexibility index (Phi) is 4.25. The molecular weight excluding hydrogens is 316 g/mol. The zero-order valence-electron chi connectivity index (χ0n) is 12.2. The zero-order chi connectivity index (χ0) is 16.2. The highest BCUT2D eigenvalue weighted by molar-refractivity contribution is 6.30. The van der Waals surface area contributed by atoms with Gasteiger partial charge in [0.05, 0.1) is 12.0 Å². The normalized spacial score (nSPS) is 11.5. The van der Waals surface area contributed by atoms with E-state index in [2.05, 4.69) is 20.7 Å². The summed E-state index contributed by atoms with van der Waals surface area (Å²) in [4.78, 5) is 12.1. The SMILES string of the molecule is CC(=NNC(=O)c1cc(-c2ccco2)[nH]n1)c1ccc(Cl)cc1. The third kappa shape index (κ3) is 3.49. The molecule has 0 aliphatic rings. The number of aromatic amines is 1. The second kappa shape index (κ2) is 6.50. The van der Waals surface area contributed by atoms with Crippen molar-refractivity contribution in [3.63, 3.8) is 0 Å². The Labute approximate surface area is 137 Å². The number of amides is 1. The van der Waals surface area contributed by atoms with E-state index < -0.39 is 5.91 Å². The van der Waals surface area contributed by atoms with Crippen molar-refractivity contribution in [2.24, 2.45) is 5.10 Å². The quantitative estimate of drug-likeness (QED) is 0.568. The number of aromatic nitrogens is 2. The number of hydrazone groups is 1. The van der Waals surface area contributed by atoms with E-state index in [-0.39, 0.29) is 5.69 Å². The maximum Gasteiger partial charge on any atom is 0.291 e. The summed E-state index contributed by atoms with van der Waals surface area (Å²) in [6.07, 6.45) is 1.55. The van der Waals surface area contributed by atoms with Crippen molar-refractivity contribution in [3.8, 4) is 11.5 Å². The summed E-state index contributed by atoms with van der Waals surface area (Å²) in [5.74, 6) is 0.199. The first-order valence-electron chi connectivity index (χ1n) is 6.83. The lowest BCUT2D eigenvalue weighted by molar-refractivity contribution is 0.0950. The van der Waals surface area contributed by atoms with Crippen LogP contribution in [-0.4, -0.2) is 21.8 Å². The molecule has 0 aliphatic heterocycles. The standard InChI is InChI=1S/C16H13ClN4O2/c1-10(11-4-6-12(17)7-5-11)18-21-16(22)14-9-13(19-20-14)15-3-2-8-23-15/h2-9H,1H3,(H,19,20)(H,21,22). The maximum atomic E-state index is 12.1. The average Bonchev–Trinajstić information content (AvgIpc) is 3.23. The summed E-state index contributed by atoms with van der Waals surface area (Å²) in [5.41, 5.74) is 4.86. The monoisotopic (exact) mass is 328 g/mol. The predicted molar refractivity (Wildman–Crippen MR) is 87.4 cm³/mol. The van der Waals surface area contributed by atoms with Gasteiger partial charge < -0.3 is 4.42 Å². The average molecular weight is 329 g/mol. The topological polar surface area (TPSA) is 83.3 Å². The summed E-state index contributed by atoms with van der Waals surface area (Å²) in [5, 5.41) is 11.4. The van der Waals surface area contributed by atoms with E-state index in [1.54, 1.807) is 43.5 Å². The number of hydrogen-bond acceptors (Lipinski definition) is 4. The molecule has 2 aromatic heterocycles. The molecule has 6 nitrogen and oxygen atoms in total. The molecule has 0 unspecified atom stereocenters. The van der Waals surface area contributed by atoms with Crippen molar-refractivity contribution in [1.82, 2.24) is 15.6 Å². The predicted octanol–water partition coefficient (Wildman–Crippen LogP) is 3.48. The van der Waals surface area contributed by atoms with E-state index >= 15 is 0 Å². The highest BCUT2D eigenvalue weighted by Crippen LogP contribution is 2.17. The molecule has 3 rings (SSSR count). The highest BCUT2D eigenvalue weighted by Gasteiger charge is 2.12. The van der Waals surface area contributed by atoms with Crippen molar-refractivity contribution in [2.75, 3.05) is 0 Å². The summed E-state index contributed by atoms with van der Waals surface area (Å²) in [6.45, 7) is 1.79. The molecule has 0 saturated carbocycles. The lowest BCUT2D eigenvalue weighted by atomic mass is 10.1. The van der Waals surface area contributed by atoms with Gasteiger partial charge in [0, 0.05) is 11.1 Å². The molecule has 0 aliphatic carbocycles. The molecule has 0 radical (unpaired) electrons. The summed E-state index contributed by atoms with van der Waals surface area (Å²) < 4.78 is 5.24. The van der Waals surface area contributed by atoms with Crippen molar-refractivity contribution < 1.29 is 9.21 Å². The first kappa shape index (κ1) is 15.1. The lowest BCUT2D eigenvalue weighted by Gasteiger charge is -2.01. The second-order valence-corrected chi connectivity index (χ2v) is 5.23. The van der Waals surface area contributed by atoms with Crippen LogP contribution in [0.15, 0.2) is 58.2 Å². The van der Waals surface area contributed by atoms with Crippen LogP contribution in [0.4, 0.5) is 0 Å². The van der Waals surface area contributed by atoms with Gasteiger partial charge in [-0.2, -0.15) is 10.2 Å². The Balaban J connectivity index is 1.69.